The van der Waals surface area contributed by atoms with E-state index < -0.39 is 20.0 Å². The maximum absolute atomic E-state index is 14.4. The van der Waals surface area contributed by atoms with Crippen LogP contribution in [0, 0.1) is 5.82 Å². The Morgan fingerprint density at radius 2 is 1.53 bits per heavy atom. The van der Waals surface area contributed by atoms with Crippen molar-refractivity contribution < 1.29 is 30.7 Å². The third-order valence-electron chi connectivity index (χ3n) is 5.58. The van der Waals surface area contributed by atoms with Crippen LogP contribution >= 0.6 is 11.3 Å². The molecule has 2 aromatic heterocycles. The highest BCUT2D eigenvalue weighted by molar-refractivity contribution is 8.10. The van der Waals surface area contributed by atoms with E-state index >= 15 is 0 Å². The van der Waals surface area contributed by atoms with Crippen LogP contribution in [0.15, 0.2) is 60.2 Å². The van der Waals surface area contributed by atoms with Crippen molar-refractivity contribution in [3.8, 4) is 22.8 Å². The molecule has 0 saturated carbocycles. The van der Waals surface area contributed by atoms with Gasteiger partial charge in [0.05, 0.1) is 35.8 Å². The number of aromatic nitrogens is 2. The molecule has 0 fully saturated rings. The van der Waals surface area contributed by atoms with E-state index in [9.17, 15) is 21.2 Å². The topological polar surface area (TPSA) is 116 Å². The third-order valence-corrected chi connectivity index (χ3v) is 10.7. The second kappa shape index (κ2) is 11.6. The summed E-state index contributed by atoms with van der Waals surface area (Å²) in [5.41, 5.74) is 1.14. The van der Waals surface area contributed by atoms with Crippen LogP contribution in [0.4, 0.5) is 10.1 Å². The maximum Gasteiger partial charge on any atom is 0.247 e. The largest absolute Gasteiger partial charge is 0.493 e. The number of hydrogen-bond donors (Lipinski definition) is 0. The smallest absolute Gasteiger partial charge is 0.247 e. The fourth-order valence-electron chi connectivity index (χ4n) is 3.65. The standard InChI is InChI=1S/C25H26FN3O6S3/c1-3-37(30,31)29(38(32,33)4-2)18-10-12-19(13-11-18)34-14-7-15-35-24-23-21(16-36-25(23)28-17-27-24)20-8-5-6-9-22(20)26/h5-6,8-13,16-17H,3-4,7,14-15H2,1-2H3. The molecule has 4 rings (SSSR count). The number of anilines is 1. The predicted octanol–water partition coefficient (Wildman–Crippen LogP) is 4.85. The van der Waals surface area contributed by atoms with Crippen molar-refractivity contribution in [2.45, 2.75) is 20.3 Å². The van der Waals surface area contributed by atoms with Gasteiger partial charge in [0, 0.05) is 22.9 Å². The molecule has 0 aliphatic rings. The Hall–Kier alpha value is -3.29. The van der Waals surface area contributed by atoms with Gasteiger partial charge < -0.3 is 9.47 Å². The van der Waals surface area contributed by atoms with Crippen molar-refractivity contribution in [2.75, 3.05) is 28.4 Å². The second-order valence-corrected chi connectivity index (χ2v) is 13.3. The molecule has 0 radical (unpaired) electrons. The quantitative estimate of drug-likeness (QED) is 0.219. The molecule has 0 saturated heterocycles. The molecule has 4 aromatic rings. The van der Waals surface area contributed by atoms with Crippen molar-refractivity contribution in [3.63, 3.8) is 0 Å². The number of ether oxygens (including phenoxy) is 2. The highest BCUT2D eigenvalue weighted by atomic mass is 32.3. The summed E-state index contributed by atoms with van der Waals surface area (Å²) >= 11 is 1.38. The zero-order valence-electron chi connectivity index (χ0n) is 20.7. The Morgan fingerprint density at radius 3 is 2.18 bits per heavy atom. The summed E-state index contributed by atoms with van der Waals surface area (Å²) in [6.45, 7) is 3.33. The molecule has 0 N–H and O–H groups in total. The number of hydrogen-bond acceptors (Lipinski definition) is 9. The molecule has 38 heavy (non-hydrogen) atoms. The first-order valence-electron chi connectivity index (χ1n) is 11.8. The Labute approximate surface area is 225 Å². The van der Waals surface area contributed by atoms with Crippen LogP contribution in [0.3, 0.4) is 0 Å². The van der Waals surface area contributed by atoms with Crippen LogP contribution in [0.25, 0.3) is 21.3 Å². The molecule has 0 atom stereocenters. The first-order valence-corrected chi connectivity index (χ1v) is 15.9. The van der Waals surface area contributed by atoms with E-state index in [-0.39, 0.29) is 36.2 Å². The minimum absolute atomic E-state index is 0.0265. The molecule has 0 amide bonds. The summed E-state index contributed by atoms with van der Waals surface area (Å²) in [5, 5.41) is 2.48. The lowest BCUT2D eigenvalue weighted by Gasteiger charge is -2.22. The van der Waals surface area contributed by atoms with Crippen molar-refractivity contribution >= 4 is 47.3 Å². The van der Waals surface area contributed by atoms with Crippen molar-refractivity contribution in [2.24, 2.45) is 0 Å². The Bertz CT molecular complexity index is 1590. The van der Waals surface area contributed by atoms with Gasteiger partial charge in [-0.3, -0.25) is 0 Å². The Morgan fingerprint density at radius 1 is 0.868 bits per heavy atom. The van der Waals surface area contributed by atoms with E-state index in [0.29, 0.717) is 43.1 Å². The molecule has 202 valence electrons. The number of nitrogens with zero attached hydrogens (tertiary/aromatic N) is 3. The van der Waals surface area contributed by atoms with E-state index in [1.807, 2.05) is 5.38 Å². The van der Waals surface area contributed by atoms with Crippen molar-refractivity contribution in [1.82, 2.24) is 9.97 Å². The molecular formula is C25H26FN3O6S3. The summed E-state index contributed by atoms with van der Waals surface area (Å²) in [6, 6.07) is 12.3. The molecule has 0 spiro atoms. The van der Waals surface area contributed by atoms with Gasteiger partial charge in [-0.05, 0) is 44.2 Å². The number of halogens is 1. The minimum atomic E-state index is -4.02. The van der Waals surface area contributed by atoms with E-state index in [1.165, 1.54) is 61.8 Å². The number of thiophene rings is 1. The number of sulfonamides is 2. The molecule has 0 unspecified atom stereocenters. The zero-order chi connectivity index (χ0) is 27.3. The fourth-order valence-corrected chi connectivity index (χ4v) is 7.91. The molecular weight excluding hydrogens is 553 g/mol. The predicted molar refractivity (Wildman–Crippen MR) is 146 cm³/mol. The molecule has 13 heteroatoms. The average molecular weight is 580 g/mol. The highest BCUT2D eigenvalue weighted by Crippen LogP contribution is 2.38. The van der Waals surface area contributed by atoms with E-state index in [0.717, 1.165) is 0 Å². The van der Waals surface area contributed by atoms with Gasteiger partial charge in [0.1, 0.15) is 22.7 Å². The van der Waals surface area contributed by atoms with E-state index in [4.69, 9.17) is 9.47 Å². The van der Waals surface area contributed by atoms with Crippen LogP contribution < -0.4 is 13.2 Å². The maximum atomic E-state index is 14.4. The molecule has 2 heterocycles. The van der Waals surface area contributed by atoms with E-state index in [1.54, 1.807) is 18.2 Å². The fraction of sp³-hybridized carbons (Fsp3) is 0.280. The van der Waals surface area contributed by atoms with Crippen molar-refractivity contribution in [3.05, 3.63) is 66.1 Å². The summed E-state index contributed by atoms with van der Waals surface area (Å²) in [6.07, 6.45) is 1.89. The number of rotatable bonds is 12. The zero-order valence-corrected chi connectivity index (χ0v) is 23.2. The van der Waals surface area contributed by atoms with Crippen LogP contribution in [0.2, 0.25) is 0 Å². The molecule has 9 nitrogen and oxygen atoms in total. The van der Waals surface area contributed by atoms with Gasteiger partial charge in [-0.25, -0.2) is 31.2 Å². The SMILES string of the molecule is CCS(=O)(=O)N(c1ccc(OCCCOc2ncnc3scc(-c4ccccc4F)c23)cc1)S(=O)(=O)CC. The molecule has 2 aromatic carbocycles. The van der Waals surface area contributed by atoms with Gasteiger partial charge in [0.2, 0.25) is 25.9 Å². The summed E-state index contributed by atoms with van der Waals surface area (Å²) in [4.78, 5) is 9.19. The number of benzene rings is 2. The lowest BCUT2D eigenvalue weighted by atomic mass is 10.1. The third kappa shape index (κ3) is 5.89. The van der Waals surface area contributed by atoms with Gasteiger partial charge in [0.15, 0.2) is 0 Å². The van der Waals surface area contributed by atoms with Gasteiger partial charge in [-0.15, -0.1) is 11.3 Å². The first-order chi connectivity index (χ1) is 18.2. The lowest BCUT2D eigenvalue weighted by molar-refractivity contribution is 0.244. The number of fused-ring (bicyclic) bond motifs is 1. The first kappa shape index (κ1) is 27.7. The second-order valence-electron chi connectivity index (χ2n) is 8.03. The lowest BCUT2D eigenvalue weighted by Crippen LogP contribution is -2.39. The van der Waals surface area contributed by atoms with Crippen LogP contribution in [-0.2, 0) is 20.0 Å². The van der Waals surface area contributed by atoms with E-state index in [2.05, 4.69) is 9.97 Å². The average Bonchev–Trinajstić information content (AvgIpc) is 3.34. The van der Waals surface area contributed by atoms with Crippen LogP contribution in [-0.4, -0.2) is 51.5 Å². The summed E-state index contributed by atoms with van der Waals surface area (Å²) in [7, 11) is -8.05. The molecule has 0 aliphatic carbocycles. The van der Waals surface area contributed by atoms with Crippen LogP contribution in [0.1, 0.15) is 20.3 Å². The highest BCUT2D eigenvalue weighted by Gasteiger charge is 2.31. The Balaban J connectivity index is 1.39. The summed E-state index contributed by atoms with van der Waals surface area (Å²) < 4.78 is 76.1. The summed E-state index contributed by atoms with van der Waals surface area (Å²) in [5.74, 6) is -0.245. The van der Waals surface area contributed by atoms with Gasteiger partial charge in [-0.2, -0.15) is 3.71 Å². The van der Waals surface area contributed by atoms with Gasteiger partial charge in [0.25, 0.3) is 0 Å². The van der Waals surface area contributed by atoms with Crippen LogP contribution in [0.5, 0.6) is 11.6 Å². The molecule has 0 bridgehead atoms. The van der Waals surface area contributed by atoms with Gasteiger partial charge >= 0.3 is 0 Å². The Kier molecular flexibility index (Phi) is 8.48. The normalized spacial score (nSPS) is 12.0. The van der Waals surface area contributed by atoms with Crippen molar-refractivity contribution in [1.29, 1.82) is 0 Å². The minimum Gasteiger partial charge on any atom is -0.493 e. The monoisotopic (exact) mass is 579 g/mol. The molecule has 0 aliphatic heterocycles. The van der Waals surface area contributed by atoms with Gasteiger partial charge in [-0.1, -0.05) is 18.2 Å².